The first-order valence-electron chi connectivity index (χ1n) is 7.60. The van der Waals surface area contributed by atoms with Crippen LogP contribution in [0.25, 0.3) is 0 Å². The van der Waals surface area contributed by atoms with Gasteiger partial charge in [-0.15, -0.1) is 11.3 Å². The van der Waals surface area contributed by atoms with Gasteiger partial charge in [0.1, 0.15) is 12.7 Å². The van der Waals surface area contributed by atoms with Crippen molar-refractivity contribution in [3.63, 3.8) is 0 Å². The minimum Gasteiger partial charge on any atom is -0.445 e. The van der Waals surface area contributed by atoms with Gasteiger partial charge < -0.3 is 25.4 Å². The Kier molecular flexibility index (Phi) is 7.20. The summed E-state index contributed by atoms with van der Waals surface area (Å²) in [5.41, 5.74) is 0.889. The van der Waals surface area contributed by atoms with Crippen LogP contribution >= 0.6 is 11.3 Å². The first-order chi connectivity index (χ1) is 11.6. The number of nitrogens with one attached hydrogen (secondary N) is 1. The second kappa shape index (κ2) is 9.39. The maximum absolute atomic E-state index is 11.6. The molecule has 0 aliphatic rings. The molecule has 130 valence electrons. The van der Waals surface area contributed by atoms with E-state index in [1.165, 1.54) is 11.3 Å². The molecule has 0 aliphatic heterocycles. The number of hydrogen-bond acceptors (Lipinski definition) is 6. The summed E-state index contributed by atoms with van der Waals surface area (Å²) >= 11 is 1.24. The molecule has 1 aromatic carbocycles. The van der Waals surface area contributed by atoms with Crippen LogP contribution < -0.4 is 5.32 Å². The number of thiophene rings is 1. The summed E-state index contributed by atoms with van der Waals surface area (Å²) in [4.78, 5) is 12.9. The molecule has 1 amide bonds. The Morgan fingerprint density at radius 1 is 1.17 bits per heavy atom. The Hall–Kier alpha value is -1.93. The third-order valence-electron chi connectivity index (χ3n) is 3.42. The average Bonchev–Trinajstić information content (AvgIpc) is 3.09. The lowest BCUT2D eigenvalue weighted by Crippen LogP contribution is -2.29. The van der Waals surface area contributed by atoms with Gasteiger partial charge in [0.15, 0.2) is 0 Å². The summed E-state index contributed by atoms with van der Waals surface area (Å²) in [6.07, 6.45) is -2.44. The van der Waals surface area contributed by atoms with E-state index in [1.54, 1.807) is 12.1 Å². The van der Waals surface area contributed by atoms with Crippen molar-refractivity contribution in [2.45, 2.75) is 31.8 Å². The van der Waals surface area contributed by atoms with Crippen LogP contribution in [0.15, 0.2) is 42.5 Å². The molecule has 2 rings (SSSR count). The smallest absolute Gasteiger partial charge is 0.407 e. The lowest BCUT2D eigenvalue weighted by Gasteiger charge is -2.16. The zero-order valence-electron chi connectivity index (χ0n) is 13.1. The Bertz CT molecular complexity index is 631. The van der Waals surface area contributed by atoms with Crippen molar-refractivity contribution >= 4 is 17.4 Å². The summed E-state index contributed by atoms with van der Waals surface area (Å²) in [6.45, 7) is 0.267. The van der Waals surface area contributed by atoms with Crippen LogP contribution in [0.2, 0.25) is 0 Å². The number of aliphatic hydroxyl groups is 3. The second-order valence-corrected chi connectivity index (χ2v) is 6.45. The lowest BCUT2D eigenvalue weighted by molar-refractivity contribution is 0.0157. The van der Waals surface area contributed by atoms with E-state index in [4.69, 9.17) is 9.84 Å². The predicted octanol–water partition coefficient (Wildman–Crippen LogP) is 1.95. The molecule has 1 heterocycles. The maximum atomic E-state index is 11.6. The molecule has 24 heavy (non-hydrogen) atoms. The van der Waals surface area contributed by atoms with Crippen LogP contribution in [0.4, 0.5) is 4.79 Å². The highest BCUT2D eigenvalue weighted by molar-refractivity contribution is 7.12. The van der Waals surface area contributed by atoms with Gasteiger partial charge in [0.2, 0.25) is 0 Å². The molecule has 4 N–H and O–H groups in total. The zero-order chi connectivity index (χ0) is 17.4. The highest BCUT2D eigenvalue weighted by Gasteiger charge is 2.20. The minimum absolute atomic E-state index is 0.0949. The van der Waals surface area contributed by atoms with Crippen molar-refractivity contribution in [1.29, 1.82) is 0 Å². The molecule has 0 aliphatic carbocycles. The highest BCUT2D eigenvalue weighted by atomic mass is 32.1. The topological polar surface area (TPSA) is 99.0 Å². The molecule has 6 nitrogen and oxygen atoms in total. The lowest BCUT2D eigenvalue weighted by atomic mass is 10.1. The summed E-state index contributed by atoms with van der Waals surface area (Å²) in [5, 5.41) is 31.6. The van der Waals surface area contributed by atoms with Crippen LogP contribution in [0.5, 0.6) is 0 Å². The fourth-order valence-electron chi connectivity index (χ4n) is 2.08. The van der Waals surface area contributed by atoms with Gasteiger partial charge in [-0.25, -0.2) is 4.79 Å². The van der Waals surface area contributed by atoms with E-state index in [0.717, 1.165) is 10.4 Å². The first-order valence-corrected chi connectivity index (χ1v) is 8.42. The van der Waals surface area contributed by atoms with Gasteiger partial charge in [0.25, 0.3) is 0 Å². The summed E-state index contributed by atoms with van der Waals surface area (Å²) in [5.74, 6) is 0. The van der Waals surface area contributed by atoms with Crippen molar-refractivity contribution in [2.24, 2.45) is 0 Å². The van der Waals surface area contributed by atoms with Gasteiger partial charge in [0, 0.05) is 16.3 Å². The van der Waals surface area contributed by atoms with Crippen LogP contribution in [0.3, 0.4) is 0 Å². The summed E-state index contributed by atoms with van der Waals surface area (Å²) < 4.78 is 5.05. The number of carbonyl (C=O) groups excluding carboxylic acids is 1. The van der Waals surface area contributed by atoms with Gasteiger partial charge in [-0.05, 0) is 24.1 Å². The Morgan fingerprint density at radius 3 is 2.58 bits per heavy atom. The first kappa shape index (κ1) is 18.4. The summed E-state index contributed by atoms with van der Waals surface area (Å²) in [6, 6.07) is 12.7. The van der Waals surface area contributed by atoms with Gasteiger partial charge in [-0.2, -0.15) is 0 Å². The third kappa shape index (κ3) is 5.61. The number of amides is 1. The van der Waals surface area contributed by atoms with Crippen LogP contribution in [-0.2, 0) is 18.0 Å². The second-order valence-electron chi connectivity index (χ2n) is 5.25. The molecule has 0 spiro atoms. The molecule has 7 heteroatoms. The maximum Gasteiger partial charge on any atom is 0.407 e. The number of aliphatic hydroxyl groups excluding tert-OH is 3. The van der Waals surface area contributed by atoms with Gasteiger partial charge in [0.05, 0.1) is 12.7 Å². The number of rotatable bonds is 8. The predicted molar refractivity (Wildman–Crippen MR) is 90.5 cm³/mol. The van der Waals surface area contributed by atoms with Crippen LogP contribution in [0.1, 0.15) is 27.8 Å². The highest BCUT2D eigenvalue weighted by Crippen LogP contribution is 2.26. The molecule has 0 saturated carbocycles. The number of hydrogen-bond donors (Lipinski definition) is 4. The fraction of sp³-hybridized carbons (Fsp3) is 0.353. The molecule has 2 atom stereocenters. The minimum atomic E-state index is -1.04. The van der Waals surface area contributed by atoms with Crippen LogP contribution in [0, 0.1) is 0 Å². The zero-order valence-corrected chi connectivity index (χ0v) is 13.9. The van der Waals surface area contributed by atoms with Crippen LogP contribution in [-0.4, -0.2) is 34.1 Å². The van der Waals surface area contributed by atoms with Crippen molar-refractivity contribution < 1.29 is 24.9 Å². The van der Waals surface area contributed by atoms with Crippen molar-refractivity contribution in [1.82, 2.24) is 5.32 Å². The van der Waals surface area contributed by atoms with Crippen molar-refractivity contribution in [3.05, 3.63) is 57.8 Å². The molecule has 0 radical (unpaired) electrons. The fourth-order valence-corrected chi connectivity index (χ4v) is 3.00. The molecule has 2 unspecified atom stereocenters. The quantitative estimate of drug-likeness (QED) is 0.583. The third-order valence-corrected chi connectivity index (χ3v) is 4.56. The normalized spacial score (nSPS) is 13.3. The van der Waals surface area contributed by atoms with E-state index in [2.05, 4.69) is 5.32 Å². The number of ether oxygens (including phenoxy) is 1. The van der Waals surface area contributed by atoms with Crippen molar-refractivity contribution in [3.8, 4) is 0 Å². The largest absolute Gasteiger partial charge is 0.445 e. The SMILES string of the molecule is O=C(NCCC(O)C(O)c1ccc(CO)s1)OCc1ccccc1. The number of benzene rings is 1. The van der Waals surface area contributed by atoms with E-state index in [-0.39, 0.29) is 26.2 Å². The standard InChI is InChI=1S/C17H21NO5S/c19-10-13-6-7-15(24-13)16(21)14(20)8-9-18-17(22)23-11-12-4-2-1-3-5-12/h1-7,14,16,19-21H,8-11H2,(H,18,22). The van der Waals surface area contributed by atoms with E-state index >= 15 is 0 Å². The van der Waals surface area contributed by atoms with Gasteiger partial charge >= 0.3 is 6.09 Å². The number of carbonyl (C=O) groups is 1. The molecule has 1 aromatic heterocycles. The summed E-state index contributed by atoms with van der Waals surface area (Å²) in [7, 11) is 0. The van der Waals surface area contributed by atoms with E-state index in [9.17, 15) is 15.0 Å². The molecule has 0 bridgehead atoms. The molecular formula is C17H21NO5S. The Labute approximate surface area is 144 Å². The van der Waals surface area contributed by atoms with Gasteiger partial charge in [-0.1, -0.05) is 30.3 Å². The molecule has 0 saturated heterocycles. The molecule has 2 aromatic rings. The molecular weight excluding hydrogens is 330 g/mol. The number of alkyl carbamates (subject to hydrolysis) is 1. The monoisotopic (exact) mass is 351 g/mol. The van der Waals surface area contributed by atoms with E-state index in [1.807, 2.05) is 30.3 Å². The Balaban J connectivity index is 1.67. The average molecular weight is 351 g/mol. The van der Waals surface area contributed by atoms with E-state index < -0.39 is 18.3 Å². The van der Waals surface area contributed by atoms with E-state index in [0.29, 0.717) is 4.88 Å². The van der Waals surface area contributed by atoms with Crippen molar-refractivity contribution in [2.75, 3.05) is 6.54 Å². The molecule has 0 fully saturated rings. The Morgan fingerprint density at radius 2 is 1.92 bits per heavy atom. The van der Waals surface area contributed by atoms with Gasteiger partial charge in [-0.3, -0.25) is 0 Å².